The first-order valence-corrected chi connectivity index (χ1v) is 10.8. The maximum atomic E-state index is 13.6. The Balaban J connectivity index is 1.65. The third-order valence-electron chi connectivity index (χ3n) is 6.54. The van der Waals surface area contributed by atoms with E-state index in [1.54, 1.807) is 12.1 Å². The molecule has 0 unspecified atom stereocenters. The monoisotopic (exact) mass is 378 g/mol. The Morgan fingerprint density at radius 2 is 1.18 bits per heavy atom. The highest BCUT2D eigenvalue weighted by Gasteiger charge is 2.33. The molecule has 2 aliphatic carbocycles. The topological polar surface area (TPSA) is 63.4 Å². The van der Waals surface area contributed by atoms with Crippen molar-refractivity contribution in [2.24, 2.45) is 5.73 Å². The van der Waals surface area contributed by atoms with Crippen molar-refractivity contribution in [3.05, 3.63) is 47.5 Å². The minimum absolute atomic E-state index is 0.180. The molecule has 0 aliphatic heterocycles. The van der Waals surface area contributed by atoms with E-state index in [4.69, 9.17) is 5.73 Å². The van der Waals surface area contributed by atoms with E-state index in [0.717, 1.165) is 42.0 Å². The van der Waals surface area contributed by atoms with Crippen molar-refractivity contribution in [3.8, 4) is 0 Å². The van der Waals surface area contributed by atoms with Gasteiger partial charge < -0.3 is 10.6 Å². The van der Waals surface area contributed by atoms with Crippen LogP contribution < -0.4 is 5.73 Å². The zero-order chi connectivity index (χ0) is 19.5. The summed E-state index contributed by atoms with van der Waals surface area (Å²) in [5.74, 6) is -0.248. The molecule has 0 saturated heterocycles. The lowest BCUT2D eigenvalue weighted by molar-refractivity contribution is 0.0448. The predicted octanol–water partition coefficient (Wildman–Crippen LogP) is 5.05. The predicted molar refractivity (Wildman–Crippen MR) is 112 cm³/mol. The van der Waals surface area contributed by atoms with Crippen molar-refractivity contribution in [2.45, 2.75) is 76.3 Å². The SMILES string of the molecule is NC(=O)c1ccc2cc(C(=O)N(C3CCCCC3)C3CCCCC3)ccc2c1. The van der Waals surface area contributed by atoms with Crippen LogP contribution in [0.4, 0.5) is 0 Å². The molecule has 0 spiro atoms. The molecule has 0 bridgehead atoms. The first-order valence-electron chi connectivity index (χ1n) is 10.8. The van der Waals surface area contributed by atoms with Crippen LogP contribution in [0.15, 0.2) is 36.4 Å². The third-order valence-corrected chi connectivity index (χ3v) is 6.54. The molecule has 28 heavy (non-hydrogen) atoms. The smallest absolute Gasteiger partial charge is 0.254 e. The average molecular weight is 379 g/mol. The first kappa shape index (κ1) is 19.0. The van der Waals surface area contributed by atoms with Crippen molar-refractivity contribution >= 4 is 22.6 Å². The summed E-state index contributed by atoms with van der Waals surface area (Å²) >= 11 is 0. The van der Waals surface area contributed by atoms with E-state index in [0.29, 0.717) is 17.6 Å². The van der Waals surface area contributed by atoms with Gasteiger partial charge in [-0.3, -0.25) is 9.59 Å². The van der Waals surface area contributed by atoms with Crippen LogP contribution in [0.2, 0.25) is 0 Å². The van der Waals surface area contributed by atoms with Crippen molar-refractivity contribution in [2.75, 3.05) is 0 Å². The Bertz CT molecular complexity index is 846. The summed E-state index contributed by atoms with van der Waals surface area (Å²) in [7, 11) is 0. The summed E-state index contributed by atoms with van der Waals surface area (Å²) in [6, 6.07) is 12.0. The van der Waals surface area contributed by atoms with Crippen molar-refractivity contribution in [1.82, 2.24) is 4.90 Å². The largest absolute Gasteiger partial charge is 0.366 e. The molecular weight excluding hydrogens is 348 g/mol. The summed E-state index contributed by atoms with van der Waals surface area (Å²) in [4.78, 5) is 27.3. The van der Waals surface area contributed by atoms with Crippen LogP contribution in [-0.2, 0) is 0 Å². The van der Waals surface area contributed by atoms with Gasteiger partial charge in [-0.1, -0.05) is 50.7 Å². The molecule has 0 radical (unpaired) electrons. The average Bonchev–Trinajstić information content (AvgIpc) is 2.74. The van der Waals surface area contributed by atoms with E-state index < -0.39 is 5.91 Å². The number of nitrogens with two attached hydrogens (primary N) is 1. The minimum Gasteiger partial charge on any atom is -0.366 e. The molecule has 0 heterocycles. The molecule has 4 nitrogen and oxygen atoms in total. The van der Waals surface area contributed by atoms with Crippen LogP contribution in [0.5, 0.6) is 0 Å². The molecule has 2 aliphatic rings. The van der Waals surface area contributed by atoms with E-state index in [-0.39, 0.29) is 5.91 Å². The van der Waals surface area contributed by atoms with Gasteiger partial charge in [0, 0.05) is 23.2 Å². The molecule has 148 valence electrons. The Kier molecular flexibility index (Phi) is 5.65. The normalized spacial score (nSPS) is 18.9. The van der Waals surface area contributed by atoms with Gasteiger partial charge in [-0.2, -0.15) is 0 Å². The second-order valence-corrected chi connectivity index (χ2v) is 8.44. The van der Waals surface area contributed by atoms with Crippen LogP contribution in [0.1, 0.15) is 84.9 Å². The highest BCUT2D eigenvalue weighted by Crippen LogP contribution is 2.32. The van der Waals surface area contributed by atoms with E-state index in [2.05, 4.69) is 4.90 Å². The Morgan fingerprint density at radius 3 is 1.68 bits per heavy atom. The van der Waals surface area contributed by atoms with Gasteiger partial charge in [0.15, 0.2) is 0 Å². The molecule has 2 amide bonds. The van der Waals surface area contributed by atoms with Gasteiger partial charge in [-0.25, -0.2) is 0 Å². The number of carbonyl (C=O) groups excluding carboxylic acids is 2. The number of hydrogen-bond donors (Lipinski definition) is 1. The number of hydrogen-bond acceptors (Lipinski definition) is 2. The van der Waals surface area contributed by atoms with Crippen molar-refractivity contribution in [3.63, 3.8) is 0 Å². The number of benzene rings is 2. The molecule has 0 atom stereocenters. The first-order chi connectivity index (χ1) is 13.6. The van der Waals surface area contributed by atoms with E-state index >= 15 is 0 Å². The van der Waals surface area contributed by atoms with Crippen molar-refractivity contribution in [1.29, 1.82) is 0 Å². The van der Waals surface area contributed by atoms with Gasteiger partial charge in [0.1, 0.15) is 0 Å². The molecule has 2 saturated carbocycles. The quantitative estimate of drug-likeness (QED) is 0.809. The van der Waals surface area contributed by atoms with Crippen LogP contribution in [0.25, 0.3) is 10.8 Å². The highest BCUT2D eigenvalue weighted by molar-refractivity contribution is 6.01. The zero-order valence-corrected chi connectivity index (χ0v) is 16.5. The lowest BCUT2D eigenvalue weighted by atomic mass is 9.88. The number of nitrogens with zero attached hydrogens (tertiary/aromatic N) is 1. The number of primary amides is 1. The number of amides is 2. The molecule has 4 rings (SSSR count). The maximum Gasteiger partial charge on any atom is 0.254 e. The second kappa shape index (κ2) is 8.34. The third kappa shape index (κ3) is 3.91. The standard InChI is InChI=1S/C24H30N2O2/c25-23(27)19-13-11-18-16-20(14-12-17(18)15-19)24(28)26(21-7-3-1-4-8-21)22-9-5-2-6-10-22/h11-16,21-22H,1-10H2,(H2,25,27). The van der Waals surface area contributed by atoms with Gasteiger partial charge in [-0.15, -0.1) is 0 Å². The summed E-state index contributed by atoms with van der Waals surface area (Å²) in [6.45, 7) is 0. The molecular formula is C24H30N2O2. The fourth-order valence-electron chi connectivity index (χ4n) is 5.03. The summed E-state index contributed by atoms with van der Waals surface area (Å²) in [6.07, 6.45) is 12.1. The van der Waals surface area contributed by atoms with Crippen LogP contribution in [0, 0.1) is 0 Å². The Morgan fingerprint density at radius 1 is 0.714 bits per heavy atom. The van der Waals surface area contributed by atoms with Gasteiger partial charge in [0.05, 0.1) is 0 Å². The number of rotatable bonds is 4. The minimum atomic E-state index is -0.428. The van der Waals surface area contributed by atoms with Gasteiger partial charge >= 0.3 is 0 Å². The van der Waals surface area contributed by atoms with Crippen molar-refractivity contribution < 1.29 is 9.59 Å². The summed E-state index contributed by atoms with van der Waals surface area (Å²) < 4.78 is 0. The van der Waals surface area contributed by atoms with Gasteiger partial charge in [-0.05, 0) is 60.7 Å². The summed E-state index contributed by atoms with van der Waals surface area (Å²) in [5.41, 5.74) is 6.65. The molecule has 2 fully saturated rings. The van der Waals surface area contributed by atoms with Gasteiger partial charge in [0.2, 0.25) is 5.91 Å². The zero-order valence-electron chi connectivity index (χ0n) is 16.5. The van der Waals surface area contributed by atoms with E-state index in [1.807, 2.05) is 24.3 Å². The maximum absolute atomic E-state index is 13.6. The fraction of sp³-hybridized carbons (Fsp3) is 0.500. The second-order valence-electron chi connectivity index (χ2n) is 8.44. The highest BCUT2D eigenvalue weighted by atomic mass is 16.2. The molecule has 4 heteroatoms. The van der Waals surface area contributed by atoms with Crippen LogP contribution >= 0.6 is 0 Å². The summed E-state index contributed by atoms with van der Waals surface area (Å²) in [5, 5.41) is 1.91. The van der Waals surface area contributed by atoms with Crippen LogP contribution in [-0.4, -0.2) is 28.8 Å². The van der Waals surface area contributed by atoms with E-state index in [9.17, 15) is 9.59 Å². The molecule has 0 aromatic heterocycles. The lowest BCUT2D eigenvalue weighted by Crippen LogP contribution is -2.48. The Labute approximate surface area is 167 Å². The lowest BCUT2D eigenvalue weighted by Gasteiger charge is -2.42. The Hall–Kier alpha value is -2.36. The number of fused-ring (bicyclic) bond motifs is 1. The molecule has 2 N–H and O–H groups in total. The molecule has 2 aromatic rings. The van der Waals surface area contributed by atoms with Crippen LogP contribution in [0.3, 0.4) is 0 Å². The van der Waals surface area contributed by atoms with Gasteiger partial charge in [0.25, 0.3) is 5.91 Å². The van der Waals surface area contributed by atoms with E-state index in [1.165, 1.54) is 38.5 Å². The number of carbonyl (C=O) groups is 2. The fourth-order valence-corrected chi connectivity index (χ4v) is 5.03. The molecule has 2 aromatic carbocycles.